The second-order valence-corrected chi connectivity index (χ2v) is 4.73. The summed E-state index contributed by atoms with van der Waals surface area (Å²) >= 11 is 0. The van der Waals surface area contributed by atoms with Crippen LogP contribution in [0.2, 0.25) is 0 Å². The summed E-state index contributed by atoms with van der Waals surface area (Å²) in [6.45, 7) is 8.20. The first-order valence-electron chi connectivity index (χ1n) is 6.51. The van der Waals surface area contributed by atoms with E-state index in [-0.39, 0.29) is 11.9 Å². The highest BCUT2D eigenvalue weighted by Crippen LogP contribution is 2.09. The van der Waals surface area contributed by atoms with E-state index >= 15 is 0 Å². The minimum Gasteiger partial charge on any atom is -0.378 e. The molecule has 2 rings (SSSR count). The van der Waals surface area contributed by atoms with Crippen LogP contribution >= 0.6 is 0 Å². The molecule has 0 radical (unpaired) electrons. The minimum atomic E-state index is -0.311. The lowest BCUT2D eigenvalue weighted by atomic mass is 10.2. The number of hydrogen-bond donors (Lipinski definition) is 1. The van der Waals surface area contributed by atoms with Crippen molar-refractivity contribution in [2.24, 2.45) is 0 Å². The number of carbonyl (C=O) groups is 1. The molecule has 1 atom stereocenters. The molecule has 6 heteroatoms. The number of carbonyl (C=O) groups excluding carboxylic acids is 1. The van der Waals surface area contributed by atoms with Gasteiger partial charge < -0.3 is 15.0 Å². The van der Waals surface area contributed by atoms with Gasteiger partial charge in [0.2, 0.25) is 5.91 Å². The maximum Gasteiger partial charge on any atom is 0.244 e. The number of anilines is 1. The van der Waals surface area contributed by atoms with Crippen LogP contribution in [0.25, 0.3) is 0 Å². The van der Waals surface area contributed by atoms with E-state index in [9.17, 15) is 4.79 Å². The second-order valence-electron chi connectivity index (χ2n) is 4.73. The van der Waals surface area contributed by atoms with Crippen LogP contribution in [0.4, 0.5) is 5.82 Å². The van der Waals surface area contributed by atoms with Crippen molar-refractivity contribution in [1.82, 2.24) is 14.9 Å². The minimum absolute atomic E-state index is 0.0725. The topological polar surface area (TPSA) is 67.4 Å². The Morgan fingerprint density at radius 1 is 1.37 bits per heavy atom. The van der Waals surface area contributed by atoms with Crippen molar-refractivity contribution in [3.8, 4) is 0 Å². The normalized spacial score (nSPS) is 17.1. The zero-order valence-electron chi connectivity index (χ0n) is 11.6. The van der Waals surface area contributed by atoms with Gasteiger partial charge in [0.05, 0.1) is 30.8 Å². The van der Waals surface area contributed by atoms with E-state index in [4.69, 9.17) is 4.74 Å². The van der Waals surface area contributed by atoms with E-state index in [0.717, 1.165) is 11.4 Å². The standard InChI is InChI=1S/C13H20N4O2/c1-9-10(2)15-12(8-14-9)16-11(3)13(18)17-4-6-19-7-5-17/h8,11H,4-7H2,1-3H3,(H,15,16). The van der Waals surface area contributed by atoms with Gasteiger partial charge in [0.15, 0.2) is 0 Å². The maximum atomic E-state index is 12.2. The zero-order chi connectivity index (χ0) is 13.8. The Bertz CT molecular complexity index is 458. The molecule has 1 aromatic heterocycles. The molecule has 104 valence electrons. The first kappa shape index (κ1) is 13.7. The summed E-state index contributed by atoms with van der Waals surface area (Å²) in [6.07, 6.45) is 1.66. The Kier molecular flexibility index (Phi) is 4.31. The lowest BCUT2D eigenvalue weighted by molar-refractivity contribution is -0.135. The summed E-state index contributed by atoms with van der Waals surface area (Å²) in [5, 5.41) is 3.10. The van der Waals surface area contributed by atoms with E-state index in [0.29, 0.717) is 32.1 Å². The van der Waals surface area contributed by atoms with Gasteiger partial charge in [0.1, 0.15) is 11.9 Å². The molecule has 19 heavy (non-hydrogen) atoms. The van der Waals surface area contributed by atoms with Crippen molar-refractivity contribution in [1.29, 1.82) is 0 Å². The van der Waals surface area contributed by atoms with Crippen LogP contribution in [0.3, 0.4) is 0 Å². The van der Waals surface area contributed by atoms with Gasteiger partial charge >= 0.3 is 0 Å². The largest absolute Gasteiger partial charge is 0.378 e. The van der Waals surface area contributed by atoms with Gasteiger partial charge in [-0.3, -0.25) is 9.78 Å². The van der Waals surface area contributed by atoms with E-state index in [2.05, 4.69) is 15.3 Å². The van der Waals surface area contributed by atoms with E-state index in [1.54, 1.807) is 6.20 Å². The average molecular weight is 264 g/mol. The molecule has 6 nitrogen and oxygen atoms in total. The molecule has 0 bridgehead atoms. The highest BCUT2D eigenvalue weighted by molar-refractivity contribution is 5.84. The SMILES string of the molecule is Cc1ncc(NC(C)C(=O)N2CCOCC2)nc1C. The maximum absolute atomic E-state index is 12.2. The summed E-state index contributed by atoms with van der Waals surface area (Å²) in [5.41, 5.74) is 1.77. The number of aryl methyl sites for hydroxylation is 2. The third kappa shape index (κ3) is 3.41. The Balaban J connectivity index is 1.97. The molecule has 1 amide bonds. The predicted molar refractivity (Wildman–Crippen MR) is 72.0 cm³/mol. The number of nitrogens with zero attached hydrogens (tertiary/aromatic N) is 3. The Morgan fingerprint density at radius 2 is 2.05 bits per heavy atom. The summed E-state index contributed by atoms with van der Waals surface area (Å²) in [7, 11) is 0. The number of morpholine rings is 1. The third-order valence-corrected chi connectivity index (χ3v) is 3.25. The van der Waals surface area contributed by atoms with Crippen molar-refractivity contribution < 1.29 is 9.53 Å². The van der Waals surface area contributed by atoms with Crippen LogP contribution in [-0.2, 0) is 9.53 Å². The molecule has 0 aliphatic carbocycles. The molecule has 1 saturated heterocycles. The van der Waals surface area contributed by atoms with Gasteiger partial charge in [0, 0.05) is 13.1 Å². The Labute approximate surface area is 113 Å². The molecule has 1 aliphatic rings. The first-order valence-corrected chi connectivity index (χ1v) is 6.51. The molecule has 1 aromatic rings. The van der Waals surface area contributed by atoms with Crippen molar-refractivity contribution in [2.45, 2.75) is 26.8 Å². The molecule has 1 unspecified atom stereocenters. The van der Waals surface area contributed by atoms with E-state index in [1.165, 1.54) is 0 Å². The molecule has 0 saturated carbocycles. The van der Waals surface area contributed by atoms with Gasteiger partial charge in [-0.1, -0.05) is 0 Å². The number of amides is 1. The number of rotatable bonds is 3. The van der Waals surface area contributed by atoms with Crippen molar-refractivity contribution >= 4 is 11.7 Å². The molecular weight excluding hydrogens is 244 g/mol. The van der Waals surface area contributed by atoms with Gasteiger partial charge in [-0.25, -0.2) is 4.98 Å². The van der Waals surface area contributed by atoms with Gasteiger partial charge in [-0.05, 0) is 20.8 Å². The Hall–Kier alpha value is -1.69. The smallest absolute Gasteiger partial charge is 0.244 e. The van der Waals surface area contributed by atoms with Crippen molar-refractivity contribution in [3.05, 3.63) is 17.6 Å². The van der Waals surface area contributed by atoms with Crippen molar-refractivity contribution in [2.75, 3.05) is 31.6 Å². The monoisotopic (exact) mass is 264 g/mol. The average Bonchev–Trinajstić information content (AvgIpc) is 2.43. The van der Waals surface area contributed by atoms with Crippen LogP contribution in [-0.4, -0.2) is 53.1 Å². The molecule has 1 fully saturated rings. The van der Waals surface area contributed by atoms with Gasteiger partial charge in [0.25, 0.3) is 0 Å². The van der Waals surface area contributed by atoms with Crippen LogP contribution in [0.5, 0.6) is 0 Å². The lowest BCUT2D eigenvalue weighted by Crippen LogP contribution is -2.47. The number of aromatic nitrogens is 2. The van der Waals surface area contributed by atoms with E-state index in [1.807, 2.05) is 25.7 Å². The fraction of sp³-hybridized carbons (Fsp3) is 0.615. The highest BCUT2D eigenvalue weighted by atomic mass is 16.5. The second kappa shape index (κ2) is 5.97. The highest BCUT2D eigenvalue weighted by Gasteiger charge is 2.22. The van der Waals surface area contributed by atoms with Crippen LogP contribution in [0, 0.1) is 13.8 Å². The number of hydrogen-bond acceptors (Lipinski definition) is 5. The number of nitrogens with one attached hydrogen (secondary N) is 1. The molecule has 1 aliphatic heterocycles. The molecule has 2 heterocycles. The summed E-state index contributed by atoms with van der Waals surface area (Å²) in [4.78, 5) is 22.6. The fourth-order valence-electron chi connectivity index (χ4n) is 1.95. The summed E-state index contributed by atoms with van der Waals surface area (Å²) in [6, 6.07) is -0.311. The Morgan fingerprint density at radius 3 is 2.68 bits per heavy atom. The van der Waals surface area contributed by atoms with Crippen molar-refractivity contribution in [3.63, 3.8) is 0 Å². The van der Waals surface area contributed by atoms with Crippen LogP contribution in [0.1, 0.15) is 18.3 Å². The molecule has 0 aromatic carbocycles. The quantitative estimate of drug-likeness (QED) is 0.872. The summed E-state index contributed by atoms with van der Waals surface area (Å²) < 4.78 is 5.24. The van der Waals surface area contributed by atoms with Crippen LogP contribution < -0.4 is 5.32 Å². The number of ether oxygens (including phenoxy) is 1. The molecular formula is C13H20N4O2. The van der Waals surface area contributed by atoms with E-state index < -0.39 is 0 Å². The lowest BCUT2D eigenvalue weighted by Gasteiger charge is -2.29. The fourth-order valence-corrected chi connectivity index (χ4v) is 1.95. The molecule has 0 spiro atoms. The first-order chi connectivity index (χ1) is 9.08. The predicted octanol–water partition coefficient (Wildman–Crippen LogP) is 0.753. The molecule has 1 N–H and O–H groups in total. The zero-order valence-corrected chi connectivity index (χ0v) is 11.6. The summed E-state index contributed by atoms with van der Waals surface area (Å²) in [5.74, 6) is 0.709. The third-order valence-electron chi connectivity index (χ3n) is 3.25. The van der Waals surface area contributed by atoms with Gasteiger partial charge in [-0.2, -0.15) is 0 Å². The van der Waals surface area contributed by atoms with Gasteiger partial charge in [-0.15, -0.1) is 0 Å². The van der Waals surface area contributed by atoms with Crippen LogP contribution in [0.15, 0.2) is 6.20 Å².